The minimum absolute atomic E-state index is 0.0320. The van der Waals surface area contributed by atoms with Gasteiger partial charge in [-0.2, -0.15) is 0 Å². The van der Waals surface area contributed by atoms with Gasteiger partial charge >= 0.3 is 6.09 Å². The maximum atomic E-state index is 13.4. The van der Waals surface area contributed by atoms with E-state index in [9.17, 15) is 14.0 Å². The largest absolute Gasteiger partial charge is 0.447 e. The fraction of sp³-hybridized carbons (Fsp3) is 0.316. The van der Waals surface area contributed by atoms with E-state index in [1.807, 2.05) is 6.92 Å². The van der Waals surface area contributed by atoms with Gasteiger partial charge in [0, 0.05) is 24.1 Å². The summed E-state index contributed by atoms with van der Waals surface area (Å²) in [7, 11) is 1.61. The first-order valence-electron chi connectivity index (χ1n) is 8.50. The molecule has 0 atom stereocenters. The van der Waals surface area contributed by atoms with E-state index in [0.29, 0.717) is 17.8 Å². The topological polar surface area (TPSA) is 71.5 Å². The lowest BCUT2D eigenvalue weighted by atomic mass is 10.1. The molecule has 0 saturated heterocycles. The Kier molecular flexibility index (Phi) is 8.19. The molecule has 0 aliphatic heterocycles. The normalized spacial score (nSPS) is 10.5. The Morgan fingerprint density at radius 3 is 2.86 bits per heavy atom. The number of hydrogen-bond acceptors (Lipinski definition) is 4. The van der Waals surface area contributed by atoms with Crippen LogP contribution in [0.1, 0.15) is 17.5 Å². The van der Waals surface area contributed by atoms with E-state index in [-0.39, 0.29) is 30.5 Å². The van der Waals surface area contributed by atoms with Gasteiger partial charge < -0.3 is 9.64 Å². The second-order valence-corrected chi connectivity index (χ2v) is 7.34. The highest BCUT2D eigenvalue weighted by atomic mass is 79.9. The number of carbonyl (C=O) groups excluding carboxylic acids is 2. The number of nitrogens with one attached hydrogen (secondary N) is 1. The second-order valence-electron chi connectivity index (χ2n) is 6.11. The van der Waals surface area contributed by atoms with Crippen molar-refractivity contribution in [1.82, 2.24) is 9.88 Å². The maximum absolute atomic E-state index is 13.4. The highest BCUT2D eigenvalue weighted by molar-refractivity contribution is 9.10. The van der Waals surface area contributed by atoms with Crippen LogP contribution in [0.2, 0.25) is 5.02 Å². The Bertz CT molecular complexity index is 866. The minimum atomic E-state index is -0.651. The molecule has 28 heavy (non-hydrogen) atoms. The molecule has 150 valence electrons. The number of rotatable bonds is 7. The minimum Gasteiger partial charge on any atom is -0.447 e. The molecule has 0 aliphatic carbocycles. The van der Waals surface area contributed by atoms with E-state index in [2.05, 4.69) is 26.2 Å². The third kappa shape index (κ3) is 6.45. The van der Waals surface area contributed by atoms with E-state index in [1.54, 1.807) is 31.4 Å². The molecule has 0 unspecified atom stereocenters. The SMILES string of the molecule is Cc1cc(NC(=O)OCCN(C)C(=O)CCc2cccc(F)c2Cl)ncc1Br. The lowest BCUT2D eigenvalue weighted by molar-refractivity contribution is -0.130. The van der Waals surface area contributed by atoms with Crippen LogP contribution in [0.5, 0.6) is 0 Å². The van der Waals surface area contributed by atoms with Crippen LogP contribution in [0, 0.1) is 12.7 Å². The van der Waals surface area contributed by atoms with E-state index in [4.69, 9.17) is 16.3 Å². The van der Waals surface area contributed by atoms with Crippen molar-refractivity contribution in [2.24, 2.45) is 0 Å². The Hall–Kier alpha value is -2.19. The molecular formula is C19H20BrClFN3O3. The molecule has 6 nitrogen and oxygen atoms in total. The lowest BCUT2D eigenvalue weighted by Crippen LogP contribution is -2.31. The predicted octanol–water partition coefficient (Wildman–Crippen LogP) is 4.58. The van der Waals surface area contributed by atoms with Gasteiger partial charge in [0.05, 0.1) is 11.6 Å². The van der Waals surface area contributed by atoms with Crippen LogP contribution >= 0.6 is 27.5 Å². The molecule has 2 rings (SSSR count). The average Bonchev–Trinajstić information content (AvgIpc) is 2.65. The molecule has 9 heteroatoms. The second kappa shape index (κ2) is 10.4. The van der Waals surface area contributed by atoms with Crippen LogP contribution in [0.25, 0.3) is 0 Å². The fourth-order valence-electron chi connectivity index (χ4n) is 2.32. The number of likely N-dealkylation sites (N-methyl/N-ethyl adjacent to an activating group) is 1. The molecule has 1 N–H and O–H groups in total. The number of amides is 2. The molecule has 1 heterocycles. The number of hydrogen-bond donors (Lipinski definition) is 1. The van der Waals surface area contributed by atoms with Crippen molar-refractivity contribution in [3.63, 3.8) is 0 Å². The number of carbonyl (C=O) groups is 2. The van der Waals surface area contributed by atoms with Crippen molar-refractivity contribution >= 4 is 45.3 Å². The summed E-state index contributed by atoms with van der Waals surface area (Å²) in [6.45, 7) is 2.14. The van der Waals surface area contributed by atoms with Gasteiger partial charge in [-0.1, -0.05) is 23.7 Å². The van der Waals surface area contributed by atoms with Crippen LogP contribution in [0.15, 0.2) is 34.9 Å². The molecule has 0 aliphatic rings. The fourth-order valence-corrected chi connectivity index (χ4v) is 2.76. The first-order valence-corrected chi connectivity index (χ1v) is 9.67. The Balaban J connectivity index is 1.72. The average molecular weight is 473 g/mol. The summed E-state index contributed by atoms with van der Waals surface area (Å²) in [6, 6.07) is 6.22. The highest BCUT2D eigenvalue weighted by Crippen LogP contribution is 2.21. The molecule has 0 spiro atoms. The van der Waals surface area contributed by atoms with Gasteiger partial charge in [0.1, 0.15) is 18.2 Å². The third-order valence-corrected chi connectivity index (χ3v) is 5.26. The number of ether oxygens (including phenoxy) is 1. The number of aryl methyl sites for hydroxylation is 2. The van der Waals surface area contributed by atoms with Crippen molar-refractivity contribution < 1.29 is 18.7 Å². The summed E-state index contributed by atoms with van der Waals surface area (Å²) >= 11 is 9.22. The summed E-state index contributed by atoms with van der Waals surface area (Å²) < 4.78 is 19.3. The van der Waals surface area contributed by atoms with Gasteiger partial charge in [-0.05, 0) is 52.5 Å². The van der Waals surface area contributed by atoms with Gasteiger partial charge in [0.15, 0.2) is 0 Å². The zero-order valence-corrected chi connectivity index (χ0v) is 17.8. The molecule has 2 amide bonds. The monoisotopic (exact) mass is 471 g/mol. The van der Waals surface area contributed by atoms with E-state index in [0.717, 1.165) is 10.0 Å². The quantitative estimate of drug-likeness (QED) is 0.640. The zero-order valence-electron chi connectivity index (χ0n) is 15.5. The van der Waals surface area contributed by atoms with Gasteiger partial charge in [-0.15, -0.1) is 0 Å². The Labute approximate surface area is 176 Å². The Morgan fingerprint density at radius 2 is 2.14 bits per heavy atom. The van der Waals surface area contributed by atoms with E-state index >= 15 is 0 Å². The number of pyridine rings is 1. The molecule has 2 aromatic rings. The van der Waals surface area contributed by atoms with Crippen LogP contribution < -0.4 is 5.32 Å². The predicted molar refractivity (Wildman–Crippen MR) is 109 cm³/mol. The molecule has 1 aromatic carbocycles. The van der Waals surface area contributed by atoms with E-state index < -0.39 is 11.9 Å². The van der Waals surface area contributed by atoms with Crippen molar-refractivity contribution in [1.29, 1.82) is 0 Å². The number of nitrogens with zero attached hydrogens (tertiary/aromatic N) is 2. The summed E-state index contributed by atoms with van der Waals surface area (Å²) in [5.74, 6) is -0.286. The standard InChI is InChI=1S/C19H20BrClFN3O3/c1-12-10-16(23-11-14(12)20)24-19(27)28-9-8-25(2)17(26)7-6-13-4-3-5-15(22)18(13)21/h3-5,10-11H,6-9H2,1-2H3,(H,23,24,27). The molecule has 0 saturated carbocycles. The lowest BCUT2D eigenvalue weighted by Gasteiger charge is -2.17. The van der Waals surface area contributed by atoms with Crippen LogP contribution in [0.4, 0.5) is 15.0 Å². The van der Waals surface area contributed by atoms with Crippen molar-refractivity contribution in [3.8, 4) is 0 Å². The Morgan fingerprint density at radius 1 is 1.39 bits per heavy atom. The highest BCUT2D eigenvalue weighted by Gasteiger charge is 2.13. The molecule has 0 radical (unpaired) electrons. The molecule has 0 fully saturated rings. The molecule has 1 aromatic heterocycles. The smallest absolute Gasteiger partial charge is 0.412 e. The van der Waals surface area contributed by atoms with Gasteiger partial charge in [0.25, 0.3) is 0 Å². The van der Waals surface area contributed by atoms with Gasteiger partial charge in [0.2, 0.25) is 5.91 Å². The first-order chi connectivity index (χ1) is 13.3. The summed E-state index contributed by atoms with van der Waals surface area (Å²) in [5.41, 5.74) is 1.50. The van der Waals surface area contributed by atoms with Gasteiger partial charge in [-0.25, -0.2) is 14.2 Å². The summed E-state index contributed by atoms with van der Waals surface area (Å²) in [6.07, 6.45) is 1.44. The van der Waals surface area contributed by atoms with Crippen molar-refractivity contribution in [2.75, 3.05) is 25.5 Å². The number of halogens is 3. The van der Waals surface area contributed by atoms with E-state index in [1.165, 1.54) is 11.0 Å². The number of benzene rings is 1. The van der Waals surface area contributed by atoms with Crippen molar-refractivity contribution in [2.45, 2.75) is 19.8 Å². The summed E-state index contributed by atoms with van der Waals surface area (Å²) in [5, 5.41) is 2.56. The van der Waals surface area contributed by atoms with Crippen LogP contribution in [-0.4, -0.2) is 42.1 Å². The van der Waals surface area contributed by atoms with Crippen LogP contribution in [-0.2, 0) is 16.0 Å². The van der Waals surface area contributed by atoms with Crippen LogP contribution in [0.3, 0.4) is 0 Å². The number of aromatic nitrogens is 1. The maximum Gasteiger partial charge on any atom is 0.412 e. The van der Waals surface area contributed by atoms with Gasteiger partial charge in [-0.3, -0.25) is 10.1 Å². The molecule has 0 bridgehead atoms. The summed E-state index contributed by atoms with van der Waals surface area (Å²) in [4.78, 5) is 29.5. The zero-order chi connectivity index (χ0) is 20.7. The van der Waals surface area contributed by atoms with Crippen molar-refractivity contribution in [3.05, 3.63) is 56.9 Å². The third-order valence-electron chi connectivity index (χ3n) is 4.00. The molecular weight excluding hydrogens is 453 g/mol. The number of anilines is 1. The first kappa shape index (κ1) is 22.1.